The maximum atomic E-state index is 13.2. The van der Waals surface area contributed by atoms with Gasteiger partial charge in [0.15, 0.2) is 17.3 Å². The SMILES string of the molecule is C[C@H](Oc1cc(-c2ccn(C(=O)OC(C)(C)C)n2)nc(-c2noc3c2CCC[C@@]32CCCCC2=O)n1)[C@@H]1CCCN1C. The lowest BCUT2D eigenvalue weighted by molar-refractivity contribution is -0.128. The molecule has 0 radical (unpaired) electrons. The summed E-state index contributed by atoms with van der Waals surface area (Å²) in [6, 6.07) is 3.73. The van der Waals surface area contributed by atoms with Crippen LogP contribution in [0.1, 0.15) is 90.4 Å². The highest BCUT2D eigenvalue weighted by atomic mass is 16.6. The van der Waals surface area contributed by atoms with Crippen LogP contribution in [0.15, 0.2) is 22.9 Å². The fourth-order valence-corrected chi connectivity index (χ4v) is 6.76. The summed E-state index contributed by atoms with van der Waals surface area (Å²) in [5, 5.41) is 8.92. The maximum absolute atomic E-state index is 13.2. The van der Waals surface area contributed by atoms with Crippen molar-refractivity contribution in [1.29, 1.82) is 0 Å². The van der Waals surface area contributed by atoms with E-state index in [4.69, 9.17) is 24.0 Å². The molecule has 3 atom stereocenters. The number of rotatable bonds is 5. The standard InChI is InChI=1S/C31H40N6O5/c1-19(23-11-9-16-36(23)5)40-25-18-22(21-13-17-37(34-21)29(39)41-30(2,3)4)32-28(33-25)26-20-10-8-15-31(27(20)42-35-26)14-7-6-12-24(31)38/h13,17-19,23H,6-12,14-16H2,1-5H3/t19-,23-,31+/m0/s1. The van der Waals surface area contributed by atoms with Crippen molar-refractivity contribution in [2.45, 2.75) is 109 Å². The molecule has 2 aliphatic carbocycles. The molecule has 42 heavy (non-hydrogen) atoms. The minimum absolute atomic E-state index is 0.109. The molecule has 0 aromatic carbocycles. The first-order valence-corrected chi connectivity index (χ1v) is 15.1. The van der Waals surface area contributed by atoms with Gasteiger partial charge in [0, 0.05) is 30.3 Å². The summed E-state index contributed by atoms with van der Waals surface area (Å²) in [5.41, 5.74) is 1.14. The van der Waals surface area contributed by atoms with Crippen LogP contribution in [0.25, 0.3) is 22.9 Å². The number of likely N-dealkylation sites (tertiary alicyclic amines) is 1. The van der Waals surface area contributed by atoms with E-state index in [1.165, 1.54) is 0 Å². The highest BCUT2D eigenvalue weighted by molar-refractivity contribution is 5.91. The van der Waals surface area contributed by atoms with E-state index in [9.17, 15) is 9.59 Å². The zero-order valence-corrected chi connectivity index (χ0v) is 25.2. The van der Waals surface area contributed by atoms with E-state index >= 15 is 0 Å². The number of likely N-dealkylation sites (N-methyl/N-ethyl adjacent to an activating group) is 1. The summed E-state index contributed by atoms with van der Waals surface area (Å²) >= 11 is 0. The van der Waals surface area contributed by atoms with Gasteiger partial charge in [0.1, 0.15) is 23.2 Å². The number of hydrogen-bond acceptors (Lipinski definition) is 10. The average molecular weight is 577 g/mol. The molecule has 3 aromatic heterocycles. The molecule has 3 aromatic rings. The first kappa shape index (κ1) is 28.5. The van der Waals surface area contributed by atoms with Gasteiger partial charge in [-0.05, 0) is 92.3 Å². The van der Waals surface area contributed by atoms with E-state index in [0.717, 1.165) is 68.2 Å². The van der Waals surface area contributed by atoms with Gasteiger partial charge in [-0.3, -0.25) is 9.69 Å². The first-order valence-electron chi connectivity index (χ1n) is 15.1. The molecule has 3 aliphatic rings. The third-order valence-electron chi connectivity index (χ3n) is 8.82. The van der Waals surface area contributed by atoms with Crippen molar-refractivity contribution in [2.24, 2.45) is 0 Å². The number of Topliss-reactive ketones (excluding diaryl/α,β-unsaturated/α-hetero) is 1. The van der Waals surface area contributed by atoms with Crippen molar-refractivity contribution in [3.8, 4) is 28.8 Å². The second-order valence-electron chi connectivity index (χ2n) is 13.0. The molecule has 0 N–H and O–H groups in total. The Balaban J connectivity index is 1.39. The van der Waals surface area contributed by atoms with Gasteiger partial charge in [-0.1, -0.05) is 11.6 Å². The summed E-state index contributed by atoms with van der Waals surface area (Å²) in [6.07, 6.45) is 8.74. The summed E-state index contributed by atoms with van der Waals surface area (Å²) in [6.45, 7) is 8.51. The van der Waals surface area contributed by atoms with Crippen LogP contribution in [0.2, 0.25) is 0 Å². The number of carbonyl (C=O) groups is 2. The maximum Gasteiger partial charge on any atom is 0.435 e. The van der Waals surface area contributed by atoms with Crippen LogP contribution < -0.4 is 4.74 Å². The number of hydrogen-bond donors (Lipinski definition) is 0. The number of aromatic nitrogens is 5. The minimum Gasteiger partial charge on any atom is -0.473 e. The molecule has 4 heterocycles. The predicted molar refractivity (Wildman–Crippen MR) is 154 cm³/mol. The number of ketones is 1. The van der Waals surface area contributed by atoms with E-state index in [0.29, 0.717) is 41.0 Å². The van der Waals surface area contributed by atoms with Crippen molar-refractivity contribution in [3.05, 3.63) is 29.7 Å². The Morgan fingerprint density at radius 3 is 2.67 bits per heavy atom. The lowest BCUT2D eigenvalue weighted by Gasteiger charge is -2.36. The second kappa shape index (κ2) is 10.9. The lowest BCUT2D eigenvalue weighted by atomic mass is 9.64. The van der Waals surface area contributed by atoms with Gasteiger partial charge in [-0.15, -0.1) is 0 Å². The van der Waals surface area contributed by atoms with Gasteiger partial charge in [-0.25, -0.2) is 9.78 Å². The second-order valence-corrected chi connectivity index (χ2v) is 13.0. The average Bonchev–Trinajstić information content (AvgIpc) is 3.69. The fraction of sp³-hybridized carbons (Fsp3) is 0.613. The smallest absolute Gasteiger partial charge is 0.435 e. The van der Waals surface area contributed by atoms with Crippen LogP contribution >= 0.6 is 0 Å². The number of ether oxygens (including phenoxy) is 2. The molecule has 6 rings (SSSR count). The molecule has 11 nitrogen and oxygen atoms in total. The Morgan fingerprint density at radius 2 is 1.93 bits per heavy atom. The Kier molecular flexibility index (Phi) is 7.41. The lowest BCUT2D eigenvalue weighted by Crippen LogP contribution is -2.41. The quantitative estimate of drug-likeness (QED) is 0.392. The van der Waals surface area contributed by atoms with Gasteiger partial charge in [-0.2, -0.15) is 14.8 Å². The molecule has 11 heteroatoms. The Morgan fingerprint density at radius 1 is 1.12 bits per heavy atom. The molecule has 0 amide bonds. The molecule has 1 saturated heterocycles. The number of nitrogens with zero attached hydrogens (tertiary/aromatic N) is 6. The Hall–Kier alpha value is -3.60. The van der Waals surface area contributed by atoms with Crippen LogP contribution in [0.4, 0.5) is 4.79 Å². The normalized spacial score (nSPS) is 23.6. The van der Waals surface area contributed by atoms with Crippen molar-refractivity contribution in [2.75, 3.05) is 13.6 Å². The van der Waals surface area contributed by atoms with Crippen molar-refractivity contribution >= 4 is 11.9 Å². The van der Waals surface area contributed by atoms with Crippen molar-refractivity contribution < 1.29 is 23.6 Å². The van der Waals surface area contributed by atoms with Crippen LogP contribution in [-0.2, 0) is 21.4 Å². The summed E-state index contributed by atoms with van der Waals surface area (Å²) < 4.78 is 19.0. The van der Waals surface area contributed by atoms with E-state index in [2.05, 4.69) is 29.1 Å². The largest absolute Gasteiger partial charge is 0.473 e. The van der Waals surface area contributed by atoms with E-state index in [1.807, 2.05) is 20.8 Å². The van der Waals surface area contributed by atoms with Gasteiger partial charge in [0.2, 0.25) is 5.88 Å². The molecule has 0 bridgehead atoms. The molecule has 2 fully saturated rings. The zero-order valence-electron chi connectivity index (χ0n) is 25.2. The van der Waals surface area contributed by atoms with Crippen LogP contribution in [0.5, 0.6) is 5.88 Å². The molecule has 1 aliphatic heterocycles. The molecular weight excluding hydrogens is 536 g/mol. The third-order valence-corrected chi connectivity index (χ3v) is 8.82. The van der Waals surface area contributed by atoms with Gasteiger partial charge < -0.3 is 14.0 Å². The van der Waals surface area contributed by atoms with E-state index < -0.39 is 17.1 Å². The Labute approximate surface area is 246 Å². The zero-order chi connectivity index (χ0) is 29.6. The highest BCUT2D eigenvalue weighted by Crippen LogP contribution is 2.47. The van der Waals surface area contributed by atoms with Crippen molar-refractivity contribution in [3.63, 3.8) is 0 Å². The van der Waals surface area contributed by atoms with Gasteiger partial charge in [0.05, 0.1) is 11.1 Å². The van der Waals surface area contributed by atoms with E-state index in [-0.39, 0.29) is 17.9 Å². The van der Waals surface area contributed by atoms with Crippen LogP contribution in [0, 0.1) is 0 Å². The van der Waals surface area contributed by atoms with E-state index in [1.54, 1.807) is 18.3 Å². The number of fused-ring (bicyclic) bond motifs is 2. The Bertz CT molecular complexity index is 1490. The van der Waals surface area contributed by atoms with Crippen LogP contribution in [0.3, 0.4) is 0 Å². The summed E-state index contributed by atoms with van der Waals surface area (Å²) in [4.78, 5) is 37.8. The molecule has 1 spiro atoms. The first-order chi connectivity index (χ1) is 20.0. The highest BCUT2D eigenvalue weighted by Gasteiger charge is 2.48. The molecular formula is C31H40N6O5. The topological polar surface area (TPSA) is 125 Å². The van der Waals surface area contributed by atoms with Gasteiger partial charge in [0.25, 0.3) is 0 Å². The summed E-state index contributed by atoms with van der Waals surface area (Å²) in [7, 11) is 2.11. The number of carbonyl (C=O) groups excluding carboxylic acids is 2. The molecule has 0 unspecified atom stereocenters. The molecule has 224 valence electrons. The third kappa shape index (κ3) is 5.34. The van der Waals surface area contributed by atoms with Gasteiger partial charge >= 0.3 is 6.09 Å². The molecule has 1 saturated carbocycles. The summed E-state index contributed by atoms with van der Waals surface area (Å²) in [5.74, 6) is 1.68. The monoisotopic (exact) mass is 576 g/mol. The van der Waals surface area contributed by atoms with Crippen LogP contribution in [-0.4, -0.2) is 73.0 Å². The fourth-order valence-electron chi connectivity index (χ4n) is 6.76. The predicted octanol–water partition coefficient (Wildman–Crippen LogP) is 5.36. The minimum atomic E-state index is -0.654. The van der Waals surface area contributed by atoms with Crippen molar-refractivity contribution in [1.82, 2.24) is 29.8 Å².